The van der Waals surface area contributed by atoms with Crippen LogP contribution in [-0.2, 0) is 11.3 Å². The second-order valence-electron chi connectivity index (χ2n) is 5.08. The van der Waals surface area contributed by atoms with Gasteiger partial charge in [0.1, 0.15) is 5.82 Å². The maximum Gasteiger partial charge on any atom is 0.226 e. The monoisotopic (exact) mass is 250 g/mol. The zero-order valence-corrected chi connectivity index (χ0v) is 10.6. The number of hydrogen-bond donors (Lipinski definition) is 2. The van der Waals surface area contributed by atoms with Crippen LogP contribution in [0.4, 0.5) is 4.39 Å². The van der Waals surface area contributed by atoms with Gasteiger partial charge < -0.3 is 10.6 Å². The van der Waals surface area contributed by atoms with E-state index in [0.717, 1.165) is 25.9 Å². The van der Waals surface area contributed by atoms with Crippen LogP contribution in [0.1, 0.15) is 25.3 Å². The highest BCUT2D eigenvalue weighted by Crippen LogP contribution is 2.28. The zero-order valence-electron chi connectivity index (χ0n) is 10.6. The summed E-state index contributed by atoms with van der Waals surface area (Å²) in [5.41, 5.74) is 0.208. The predicted octanol–water partition coefficient (Wildman–Crippen LogP) is 1.83. The van der Waals surface area contributed by atoms with E-state index in [0.29, 0.717) is 5.56 Å². The molecule has 2 rings (SSSR count). The molecule has 1 aromatic carbocycles. The molecule has 18 heavy (non-hydrogen) atoms. The number of rotatable bonds is 3. The van der Waals surface area contributed by atoms with Crippen molar-refractivity contribution in [3.8, 4) is 0 Å². The quantitative estimate of drug-likeness (QED) is 0.859. The summed E-state index contributed by atoms with van der Waals surface area (Å²) in [5, 5.41) is 6.08. The highest BCUT2D eigenvalue weighted by atomic mass is 19.1. The largest absolute Gasteiger partial charge is 0.351 e. The van der Waals surface area contributed by atoms with Gasteiger partial charge in [-0.25, -0.2) is 4.39 Å². The van der Waals surface area contributed by atoms with Crippen LogP contribution in [0, 0.1) is 11.2 Å². The molecule has 1 fully saturated rings. The fraction of sp³-hybridized carbons (Fsp3) is 0.500. The lowest BCUT2D eigenvalue weighted by atomic mass is 9.80. The second kappa shape index (κ2) is 5.48. The number of piperidine rings is 1. The first-order valence-corrected chi connectivity index (χ1v) is 6.34. The minimum Gasteiger partial charge on any atom is -0.351 e. The van der Waals surface area contributed by atoms with Crippen molar-refractivity contribution in [2.45, 2.75) is 26.3 Å². The van der Waals surface area contributed by atoms with E-state index in [1.54, 1.807) is 18.2 Å². The number of nitrogens with one attached hydrogen (secondary N) is 2. The molecule has 98 valence electrons. The van der Waals surface area contributed by atoms with E-state index in [-0.39, 0.29) is 23.7 Å². The Kier molecular flexibility index (Phi) is 3.97. The Morgan fingerprint density at radius 2 is 2.06 bits per heavy atom. The molecule has 1 heterocycles. The molecule has 1 aliphatic heterocycles. The van der Waals surface area contributed by atoms with Gasteiger partial charge in [-0.3, -0.25) is 4.79 Å². The van der Waals surface area contributed by atoms with Crippen LogP contribution in [0.3, 0.4) is 0 Å². The number of amides is 1. The number of carbonyl (C=O) groups is 1. The Labute approximate surface area is 107 Å². The van der Waals surface area contributed by atoms with Gasteiger partial charge in [-0.1, -0.05) is 25.1 Å². The molecule has 0 aliphatic carbocycles. The zero-order chi connectivity index (χ0) is 13.0. The molecule has 3 nitrogen and oxygen atoms in total. The standard InChI is InChI=1S/C14H19FN2O/c1-14(6-8-16-9-7-14)13(18)17-10-11-4-2-3-5-12(11)15/h2-5,16H,6-10H2,1H3,(H,17,18). The topological polar surface area (TPSA) is 41.1 Å². The maximum atomic E-state index is 13.4. The van der Waals surface area contributed by atoms with Crippen molar-refractivity contribution in [2.75, 3.05) is 13.1 Å². The van der Waals surface area contributed by atoms with Crippen LogP contribution < -0.4 is 10.6 Å². The van der Waals surface area contributed by atoms with Gasteiger partial charge in [0, 0.05) is 17.5 Å². The molecule has 0 unspecified atom stereocenters. The van der Waals surface area contributed by atoms with Gasteiger partial charge in [-0.05, 0) is 32.0 Å². The first kappa shape index (κ1) is 13.0. The molecule has 0 bridgehead atoms. The SMILES string of the molecule is CC1(C(=O)NCc2ccccc2F)CCNCC1. The van der Waals surface area contributed by atoms with Crippen molar-refractivity contribution in [1.29, 1.82) is 0 Å². The molecular weight excluding hydrogens is 231 g/mol. The number of benzene rings is 1. The van der Waals surface area contributed by atoms with Gasteiger partial charge in [-0.2, -0.15) is 0 Å². The highest BCUT2D eigenvalue weighted by Gasteiger charge is 2.34. The highest BCUT2D eigenvalue weighted by molar-refractivity contribution is 5.82. The Hall–Kier alpha value is -1.42. The summed E-state index contributed by atoms with van der Waals surface area (Å²) in [6.45, 7) is 3.96. The minimum atomic E-state index is -0.323. The third kappa shape index (κ3) is 2.88. The third-order valence-electron chi connectivity index (χ3n) is 3.65. The Morgan fingerprint density at radius 3 is 2.72 bits per heavy atom. The predicted molar refractivity (Wildman–Crippen MR) is 68.5 cm³/mol. The lowest BCUT2D eigenvalue weighted by Crippen LogP contribution is -2.45. The smallest absolute Gasteiger partial charge is 0.226 e. The molecule has 0 saturated carbocycles. The maximum absolute atomic E-state index is 13.4. The van der Waals surface area contributed by atoms with Gasteiger partial charge in [-0.15, -0.1) is 0 Å². The summed E-state index contributed by atoms with van der Waals surface area (Å²) in [6, 6.07) is 6.53. The van der Waals surface area contributed by atoms with E-state index < -0.39 is 0 Å². The average Bonchev–Trinajstić information content (AvgIpc) is 2.38. The van der Waals surface area contributed by atoms with Crippen molar-refractivity contribution in [3.63, 3.8) is 0 Å². The van der Waals surface area contributed by atoms with Gasteiger partial charge >= 0.3 is 0 Å². The molecule has 1 saturated heterocycles. The summed E-state index contributed by atoms with van der Waals surface area (Å²) in [7, 11) is 0. The van der Waals surface area contributed by atoms with Crippen LogP contribution in [0.5, 0.6) is 0 Å². The lowest BCUT2D eigenvalue weighted by Gasteiger charge is -2.32. The molecular formula is C14H19FN2O. The van der Waals surface area contributed by atoms with Gasteiger partial charge in [0.15, 0.2) is 0 Å². The summed E-state index contributed by atoms with van der Waals surface area (Å²) >= 11 is 0. The van der Waals surface area contributed by atoms with Crippen molar-refractivity contribution in [1.82, 2.24) is 10.6 Å². The molecule has 0 spiro atoms. The number of carbonyl (C=O) groups excluding carboxylic acids is 1. The summed E-state index contributed by atoms with van der Waals surface area (Å²) in [5.74, 6) is -0.250. The molecule has 1 aliphatic rings. The summed E-state index contributed by atoms with van der Waals surface area (Å²) in [6.07, 6.45) is 1.66. The van der Waals surface area contributed by atoms with Crippen LogP contribution in [0.2, 0.25) is 0 Å². The molecule has 2 N–H and O–H groups in total. The van der Waals surface area contributed by atoms with Crippen molar-refractivity contribution in [3.05, 3.63) is 35.6 Å². The van der Waals surface area contributed by atoms with Gasteiger partial charge in [0.25, 0.3) is 0 Å². The van der Waals surface area contributed by atoms with E-state index >= 15 is 0 Å². The second-order valence-corrected chi connectivity index (χ2v) is 5.08. The Bertz CT molecular complexity index is 428. The number of halogens is 1. The average molecular weight is 250 g/mol. The third-order valence-corrected chi connectivity index (χ3v) is 3.65. The molecule has 0 radical (unpaired) electrons. The lowest BCUT2D eigenvalue weighted by molar-refractivity contribution is -0.131. The fourth-order valence-corrected chi connectivity index (χ4v) is 2.24. The van der Waals surface area contributed by atoms with Crippen molar-refractivity contribution >= 4 is 5.91 Å². The summed E-state index contributed by atoms with van der Waals surface area (Å²) < 4.78 is 13.4. The summed E-state index contributed by atoms with van der Waals surface area (Å²) in [4.78, 5) is 12.1. The first-order valence-electron chi connectivity index (χ1n) is 6.34. The van der Waals surface area contributed by atoms with Crippen LogP contribution >= 0.6 is 0 Å². The van der Waals surface area contributed by atoms with E-state index in [1.807, 2.05) is 6.92 Å². The van der Waals surface area contributed by atoms with Crippen LogP contribution in [-0.4, -0.2) is 19.0 Å². The van der Waals surface area contributed by atoms with Crippen molar-refractivity contribution in [2.24, 2.45) is 5.41 Å². The molecule has 1 aromatic rings. The fourth-order valence-electron chi connectivity index (χ4n) is 2.24. The van der Waals surface area contributed by atoms with Crippen LogP contribution in [0.15, 0.2) is 24.3 Å². The van der Waals surface area contributed by atoms with Gasteiger partial charge in [0.2, 0.25) is 5.91 Å². The van der Waals surface area contributed by atoms with E-state index in [2.05, 4.69) is 10.6 Å². The minimum absolute atomic E-state index is 0.0206. The molecule has 1 amide bonds. The van der Waals surface area contributed by atoms with Crippen LogP contribution in [0.25, 0.3) is 0 Å². The van der Waals surface area contributed by atoms with E-state index in [9.17, 15) is 9.18 Å². The normalized spacial score (nSPS) is 18.3. The van der Waals surface area contributed by atoms with E-state index in [4.69, 9.17) is 0 Å². The Balaban J connectivity index is 1.94. The molecule has 0 atom stereocenters. The first-order chi connectivity index (χ1) is 8.62. The van der Waals surface area contributed by atoms with Crippen molar-refractivity contribution < 1.29 is 9.18 Å². The Morgan fingerprint density at radius 1 is 1.39 bits per heavy atom. The van der Waals surface area contributed by atoms with E-state index in [1.165, 1.54) is 6.07 Å². The van der Waals surface area contributed by atoms with Gasteiger partial charge in [0.05, 0.1) is 0 Å². The molecule has 0 aromatic heterocycles. The number of hydrogen-bond acceptors (Lipinski definition) is 2. The molecule has 4 heteroatoms.